The summed E-state index contributed by atoms with van der Waals surface area (Å²) in [4.78, 5) is 24.0. The fourth-order valence-electron chi connectivity index (χ4n) is 4.27. The lowest BCUT2D eigenvalue weighted by molar-refractivity contribution is -0.130. The van der Waals surface area contributed by atoms with Crippen LogP contribution in [0.1, 0.15) is 33.1 Å². The summed E-state index contributed by atoms with van der Waals surface area (Å²) >= 11 is 5.41. The fourth-order valence-corrected chi connectivity index (χ4v) is 4.54. The third kappa shape index (κ3) is 4.16. The van der Waals surface area contributed by atoms with Crippen LogP contribution in [0.3, 0.4) is 0 Å². The highest BCUT2D eigenvalue weighted by Gasteiger charge is 2.39. The maximum atomic E-state index is 12.8. The van der Waals surface area contributed by atoms with Crippen molar-refractivity contribution in [2.24, 2.45) is 5.92 Å². The molecular weight excluding hydrogens is 428 g/mol. The normalized spacial score (nSPS) is 20.6. The minimum Gasteiger partial charge on any atom is -0.493 e. The Morgan fingerprint density at radius 1 is 1.22 bits per heavy atom. The van der Waals surface area contributed by atoms with Crippen LogP contribution in [0.2, 0.25) is 0 Å². The van der Waals surface area contributed by atoms with Gasteiger partial charge in [-0.3, -0.25) is 4.79 Å². The molecule has 2 aliphatic heterocycles. The van der Waals surface area contributed by atoms with Crippen LogP contribution in [0.25, 0.3) is 10.9 Å². The number of methoxy groups -OCH3 is 2. The summed E-state index contributed by atoms with van der Waals surface area (Å²) in [6, 6.07) is 3.71. The third-order valence-electron chi connectivity index (χ3n) is 6.41. The molecule has 0 saturated carbocycles. The molecule has 2 N–H and O–H groups in total. The topological polar surface area (TPSA) is 91.8 Å². The highest BCUT2D eigenvalue weighted by molar-refractivity contribution is 7.80. The molecule has 2 saturated heterocycles. The lowest BCUT2D eigenvalue weighted by Gasteiger charge is -2.35. The quantitative estimate of drug-likeness (QED) is 0.606. The summed E-state index contributed by atoms with van der Waals surface area (Å²) in [5.74, 6) is 2.41. The Kier molecular flexibility index (Phi) is 6.61. The van der Waals surface area contributed by atoms with Gasteiger partial charge >= 0.3 is 0 Å². The van der Waals surface area contributed by atoms with Gasteiger partial charge in [-0.05, 0) is 37.0 Å². The molecule has 32 heavy (non-hydrogen) atoms. The molecule has 2 fully saturated rings. The minimum atomic E-state index is -0.251. The first-order valence-corrected chi connectivity index (χ1v) is 11.4. The van der Waals surface area contributed by atoms with Gasteiger partial charge in [-0.2, -0.15) is 0 Å². The van der Waals surface area contributed by atoms with E-state index in [1.165, 1.54) is 5.01 Å². The number of amides is 1. The molecule has 2 unspecified atom stereocenters. The molecule has 2 atom stereocenters. The Labute approximate surface area is 193 Å². The average molecular weight is 459 g/mol. The van der Waals surface area contributed by atoms with Crippen LogP contribution >= 0.6 is 12.2 Å². The van der Waals surface area contributed by atoms with E-state index in [1.807, 2.05) is 12.1 Å². The molecule has 2 aliphatic rings. The zero-order valence-corrected chi connectivity index (χ0v) is 19.7. The highest BCUT2D eigenvalue weighted by atomic mass is 32.1. The number of ether oxygens (including phenoxy) is 2. The Morgan fingerprint density at radius 3 is 2.56 bits per heavy atom. The smallest absolute Gasteiger partial charge is 0.266 e. The summed E-state index contributed by atoms with van der Waals surface area (Å²) in [5.41, 5.74) is 4.16. The van der Waals surface area contributed by atoms with Crippen LogP contribution in [0.15, 0.2) is 18.5 Å². The number of benzene rings is 1. The van der Waals surface area contributed by atoms with Crippen LogP contribution in [-0.4, -0.2) is 65.4 Å². The maximum Gasteiger partial charge on any atom is 0.266 e. The van der Waals surface area contributed by atoms with Crippen molar-refractivity contribution in [2.75, 3.05) is 32.2 Å². The first kappa shape index (κ1) is 22.5. The molecule has 3 heterocycles. The molecular formula is C22H30N6O3S. The summed E-state index contributed by atoms with van der Waals surface area (Å²) in [7, 11) is 3.23. The molecule has 0 spiro atoms. The lowest BCUT2D eigenvalue weighted by atomic mass is 9.99. The Hall–Kier alpha value is -2.72. The first-order chi connectivity index (χ1) is 15.5. The number of fused-ring (bicyclic) bond motifs is 1. The van der Waals surface area contributed by atoms with Crippen LogP contribution < -0.4 is 25.1 Å². The van der Waals surface area contributed by atoms with E-state index in [0.29, 0.717) is 16.6 Å². The van der Waals surface area contributed by atoms with Gasteiger partial charge in [-0.15, -0.1) is 0 Å². The molecule has 1 amide bonds. The number of carbonyl (C=O) groups is 1. The van der Waals surface area contributed by atoms with Crippen molar-refractivity contribution in [3.05, 3.63) is 18.5 Å². The molecule has 4 rings (SSSR count). The van der Waals surface area contributed by atoms with Crippen LogP contribution in [0.5, 0.6) is 11.5 Å². The summed E-state index contributed by atoms with van der Waals surface area (Å²) in [5, 5.41) is 6.08. The van der Waals surface area contributed by atoms with Crippen LogP contribution in [-0.2, 0) is 4.79 Å². The number of thiocarbonyl (C=S) groups is 1. The van der Waals surface area contributed by atoms with Crippen LogP contribution in [0.4, 0.5) is 5.82 Å². The van der Waals surface area contributed by atoms with Gasteiger partial charge in [0.2, 0.25) is 0 Å². The van der Waals surface area contributed by atoms with E-state index in [2.05, 4.69) is 39.5 Å². The average Bonchev–Trinajstić information content (AvgIpc) is 3.11. The number of piperidine rings is 1. The molecule has 9 nitrogen and oxygen atoms in total. The standard InChI is InChI=1S/C22H30N6O3S/c1-5-13(2)19-21(29)28(22(32)25-19)26-14-6-8-27(9-7-14)20-15-10-17(30-3)18(31-4)11-16(15)23-12-24-20/h10-14,19,26H,5-9H2,1-4H3,(H,25,32). The van der Waals surface area contributed by atoms with Gasteiger partial charge in [-0.1, -0.05) is 20.3 Å². The highest BCUT2D eigenvalue weighted by Crippen LogP contribution is 2.35. The number of nitrogens with zero attached hydrogens (tertiary/aromatic N) is 4. The van der Waals surface area contributed by atoms with E-state index in [1.54, 1.807) is 20.5 Å². The number of hydrogen-bond donors (Lipinski definition) is 2. The van der Waals surface area contributed by atoms with Crippen molar-refractivity contribution >= 4 is 40.0 Å². The third-order valence-corrected chi connectivity index (χ3v) is 6.71. The number of carbonyl (C=O) groups excluding carboxylic acids is 1. The molecule has 2 aromatic rings. The molecule has 1 aromatic carbocycles. The number of anilines is 1. The van der Waals surface area contributed by atoms with Gasteiger partial charge in [0.25, 0.3) is 5.91 Å². The van der Waals surface area contributed by atoms with E-state index < -0.39 is 0 Å². The number of hydrazine groups is 1. The zero-order valence-electron chi connectivity index (χ0n) is 18.9. The number of hydrogen-bond acceptors (Lipinski definition) is 8. The second-order valence-electron chi connectivity index (χ2n) is 8.30. The largest absolute Gasteiger partial charge is 0.493 e. The van der Waals surface area contributed by atoms with Gasteiger partial charge in [0.15, 0.2) is 16.6 Å². The fraction of sp³-hybridized carbons (Fsp3) is 0.545. The van der Waals surface area contributed by atoms with E-state index in [0.717, 1.165) is 49.1 Å². The van der Waals surface area contributed by atoms with Crippen molar-refractivity contribution < 1.29 is 14.3 Å². The lowest BCUT2D eigenvalue weighted by Crippen LogP contribution is -2.52. The van der Waals surface area contributed by atoms with E-state index in [4.69, 9.17) is 21.7 Å². The number of aromatic nitrogens is 2. The predicted octanol–water partition coefficient (Wildman–Crippen LogP) is 2.25. The Morgan fingerprint density at radius 2 is 1.91 bits per heavy atom. The maximum absolute atomic E-state index is 12.8. The Bertz CT molecular complexity index is 1010. The van der Waals surface area contributed by atoms with Gasteiger partial charge < -0.3 is 19.7 Å². The zero-order chi connectivity index (χ0) is 22.8. The molecule has 0 aliphatic carbocycles. The predicted molar refractivity (Wildman–Crippen MR) is 127 cm³/mol. The SMILES string of the molecule is CCC(C)C1NC(=S)N(NC2CCN(c3ncnc4cc(OC)c(OC)cc34)CC2)C1=O. The number of nitrogens with one attached hydrogen (secondary N) is 2. The molecule has 0 bridgehead atoms. The second-order valence-corrected chi connectivity index (χ2v) is 8.69. The van der Waals surface area contributed by atoms with Gasteiger partial charge in [0.05, 0.1) is 19.7 Å². The molecule has 1 aromatic heterocycles. The Balaban J connectivity index is 1.45. The summed E-state index contributed by atoms with van der Waals surface area (Å²) in [6.07, 6.45) is 4.22. The van der Waals surface area contributed by atoms with E-state index in [-0.39, 0.29) is 23.9 Å². The van der Waals surface area contributed by atoms with Crippen molar-refractivity contribution in [3.63, 3.8) is 0 Å². The summed E-state index contributed by atoms with van der Waals surface area (Å²) in [6.45, 7) is 5.75. The van der Waals surface area contributed by atoms with E-state index >= 15 is 0 Å². The van der Waals surface area contributed by atoms with E-state index in [9.17, 15) is 4.79 Å². The van der Waals surface area contributed by atoms with Gasteiger partial charge in [-0.25, -0.2) is 20.4 Å². The minimum absolute atomic E-state index is 0.00890. The van der Waals surface area contributed by atoms with Crippen molar-refractivity contribution in [3.8, 4) is 11.5 Å². The van der Waals surface area contributed by atoms with Crippen molar-refractivity contribution in [1.29, 1.82) is 0 Å². The molecule has 172 valence electrons. The summed E-state index contributed by atoms with van der Waals surface area (Å²) < 4.78 is 10.9. The molecule has 0 radical (unpaired) electrons. The second kappa shape index (κ2) is 9.41. The number of rotatable bonds is 7. The van der Waals surface area contributed by atoms with Crippen molar-refractivity contribution in [1.82, 2.24) is 25.7 Å². The van der Waals surface area contributed by atoms with Gasteiger partial charge in [0.1, 0.15) is 18.2 Å². The van der Waals surface area contributed by atoms with Gasteiger partial charge in [0, 0.05) is 30.6 Å². The molecule has 10 heteroatoms. The van der Waals surface area contributed by atoms with Crippen LogP contribution in [0, 0.1) is 5.92 Å². The first-order valence-electron chi connectivity index (χ1n) is 11.0. The monoisotopic (exact) mass is 458 g/mol. The van der Waals surface area contributed by atoms with Crippen molar-refractivity contribution in [2.45, 2.75) is 45.2 Å².